The van der Waals surface area contributed by atoms with Gasteiger partial charge in [-0.25, -0.2) is 0 Å². The summed E-state index contributed by atoms with van der Waals surface area (Å²) in [6.07, 6.45) is 12.4. The van der Waals surface area contributed by atoms with Crippen molar-refractivity contribution in [3.05, 3.63) is 284 Å². The molecule has 11 heteroatoms. The molecule has 11 nitrogen and oxygen atoms in total. The van der Waals surface area contributed by atoms with Crippen LogP contribution in [-0.4, -0.2) is 35.0 Å². The van der Waals surface area contributed by atoms with Crippen molar-refractivity contribution in [3.63, 3.8) is 0 Å². The Morgan fingerprint density at radius 2 is 0.452 bits per heavy atom. The Hall–Kier alpha value is -10.4. The van der Waals surface area contributed by atoms with E-state index >= 15 is 0 Å². The normalized spacial score (nSPS) is 13.0. The van der Waals surface area contributed by atoms with Crippen LogP contribution in [0, 0.1) is 29.6 Å². The van der Waals surface area contributed by atoms with E-state index in [4.69, 9.17) is 23.7 Å². The summed E-state index contributed by atoms with van der Waals surface area (Å²) < 4.78 is 28.9. The number of phenols is 1. The van der Waals surface area contributed by atoms with Gasteiger partial charge in [-0.2, -0.15) is 0 Å². The average Bonchev–Trinajstić information content (AvgIpc) is 0.792. The number of ether oxygens (including phenoxy) is 5. The maximum Gasteiger partial charge on any atom is 0.318 e. The van der Waals surface area contributed by atoms with Gasteiger partial charge in [-0.15, -0.1) is 0 Å². The van der Waals surface area contributed by atoms with Gasteiger partial charge in [-0.05, 0) is 223 Å². The topological polar surface area (TPSA) is 152 Å². The first-order chi connectivity index (χ1) is 49.6. The second-order valence-electron chi connectivity index (χ2n) is 29.7. The van der Waals surface area contributed by atoms with Crippen molar-refractivity contribution in [1.29, 1.82) is 0 Å². The van der Waals surface area contributed by atoms with E-state index in [1.165, 1.54) is 33.9 Å². The van der Waals surface area contributed by atoms with Crippen LogP contribution in [0.25, 0.3) is 24.3 Å². The van der Waals surface area contributed by atoms with Crippen LogP contribution >= 0.6 is 0 Å². The molecule has 0 saturated heterocycles. The van der Waals surface area contributed by atoms with Gasteiger partial charge in [-0.1, -0.05) is 239 Å². The van der Waals surface area contributed by atoms with Crippen molar-refractivity contribution in [2.45, 2.75) is 166 Å². The smallest absolute Gasteiger partial charge is 0.318 e. The number of phenolic OH excluding ortho intramolecular Hbond substituents is 1. The van der Waals surface area contributed by atoms with Crippen LogP contribution in [0.2, 0.25) is 0 Å². The van der Waals surface area contributed by atoms with E-state index in [1.54, 1.807) is 54.6 Å². The summed E-state index contributed by atoms with van der Waals surface area (Å²) >= 11 is 0. The molecule has 104 heavy (non-hydrogen) atoms. The Kier molecular flexibility index (Phi) is 29.1. The Morgan fingerprint density at radius 1 is 0.250 bits per heavy atom. The van der Waals surface area contributed by atoms with Crippen LogP contribution in [0.15, 0.2) is 206 Å². The van der Waals surface area contributed by atoms with Gasteiger partial charge >= 0.3 is 29.8 Å². The van der Waals surface area contributed by atoms with E-state index in [-0.39, 0.29) is 40.9 Å². The number of esters is 5. The molecule has 0 aliphatic heterocycles. The molecule has 0 saturated carbocycles. The lowest BCUT2D eigenvalue weighted by molar-refractivity contribution is -0.136. The predicted octanol–water partition coefficient (Wildman–Crippen LogP) is 22.0. The van der Waals surface area contributed by atoms with Gasteiger partial charge in [0.2, 0.25) is 0 Å². The first-order valence-corrected chi connectivity index (χ1v) is 36.7. The van der Waals surface area contributed by atoms with Gasteiger partial charge < -0.3 is 28.8 Å². The van der Waals surface area contributed by atoms with E-state index in [0.717, 1.165) is 71.0 Å². The largest absolute Gasteiger partial charge is 0.508 e. The van der Waals surface area contributed by atoms with Crippen LogP contribution in [0.3, 0.4) is 0 Å². The Labute approximate surface area is 617 Å². The lowest BCUT2D eigenvalue weighted by Gasteiger charge is -2.15. The molecular weight excluding hydrogens is 1290 g/mol. The monoisotopic (exact) mass is 1400 g/mol. The zero-order valence-electron chi connectivity index (χ0n) is 63.3. The van der Waals surface area contributed by atoms with Crippen LogP contribution in [0.5, 0.6) is 34.5 Å². The minimum atomic E-state index is -0.516. The van der Waals surface area contributed by atoms with E-state index in [1.807, 2.05) is 144 Å². The van der Waals surface area contributed by atoms with E-state index in [9.17, 15) is 29.1 Å². The maximum atomic E-state index is 13.5. The molecule has 0 aliphatic rings. The first kappa shape index (κ1) is 79.3. The Morgan fingerprint density at radius 3 is 0.683 bits per heavy atom. The highest BCUT2D eigenvalue weighted by molar-refractivity contribution is 5.84. The van der Waals surface area contributed by atoms with Crippen molar-refractivity contribution >= 4 is 54.2 Å². The molecule has 0 bridgehead atoms. The molecule has 0 aliphatic carbocycles. The third-order valence-electron chi connectivity index (χ3n) is 18.0. The van der Waals surface area contributed by atoms with E-state index < -0.39 is 41.6 Å². The van der Waals surface area contributed by atoms with Crippen LogP contribution in [0.1, 0.15) is 211 Å². The number of benzene rings is 9. The van der Waals surface area contributed by atoms with E-state index in [0.29, 0.717) is 52.2 Å². The third kappa shape index (κ3) is 25.0. The molecule has 0 radical (unpaired) electrons. The van der Waals surface area contributed by atoms with Gasteiger partial charge in [0.15, 0.2) is 0 Å². The van der Waals surface area contributed by atoms with Crippen molar-refractivity contribution in [3.8, 4) is 34.5 Å². The lowest BCUT2D eigenvalue weighted by Crippen LogP contribution is -2.18. The molecule has 1 N–H and O–H groups in total. The molecule has 0 amide bonds. The summed E-state index contributed by atoms with van der Waals surface area (Å²) in [4.78, 5) is 65.7. The van der Waals surface area contributed by atoms with Crippen molar-refractivity contribution < 1.29 is 52.8 Å². The highest BCUT2D eigenvalue weighted by Gasteiger charge is 2.24. The second kappa shape index (κ2) is 38.2. The minimum absolute atomic E-state index is 0.00316. The molecule has 9 aromatic rings. The zero-order chi connectivity index (χ0) is 75.1. The highest BCUT2D eigenvalue weighted by atomic mass is 16.6. The van der Waals surface area contributed by atoms with Crippen molar-refractivity contribution in [1.82, 2.24) is 0 Å². The van der Waals surface area contributed by atoms with Gasteiger partial charge in [0, 0.05) is 12.1 Å². The third-order valence-corrected chi connectivity index (χ3v) is 18.0. The molecule has 9 rings (SSSR count). The Bertz CT molecular complexity index is 4240. The lowest BCUT2D eigenvalue weighted by atomic mass is 9.97. The fourth-order valence-corrected chi connectivity index (χ4v) is 12.0. The summed E-state index contributed by atoms with van der Waals surface area (Å²) in [5.41, 5.74) is 13.7. The standard InChI is InChI=1S/C53H60O6.C40H44O5/c1-34(2)28-41-12-20-45(21-13-41)37(7)51(54)57-48-26-18-40(19-27-48)10-11-44-31-49(58-52(55)38(8)46-22-14-42(15-23-46)29-35(3)4)33-50(32-44)59-53(56)39(9)47-24-16-43(17-25-47)30-36(5)6;1-26(2)21-31-9-15-34(16-10-31)28(5)39(42)44-37-19-13-30(14-20-37)7-8-33-23-36(41)25-38(24-33)45-40(43)29(6)35-17-11-32(12-18-35)22-27(3)4/h10-27,31-39H,28-30H2,1-9H3;7-20,23-29,41H,21-22H2,1-6H3/b11-10+;8-7+. The maximum absolute atomic E-state index is 13.5. The summed E-state index contributed by atoms with van der Waals surface area (Å²) in [5.74, 6) is 0.340. The number of hydrogen-bond donors (Lipinski definition) is 1. The number of carbonyl (C=O) groups excluding carboxylic acids is 5. The summed E-state index contributed by atoms with van der Waals surface area (Å²) in [7, 11) is 0. The first-order valence-electron chi connectivity index (χ1n) is 36.7. The number of hydrogen-bond acceptors (Lipinski definition) is 11. The molecular formula is C93H104O11. The van der Waals surface area contributed by atoms with Gasteiger partial charge in [-0.3, -0.25) is 24.0 Å². The quantitative estimate of drug-likeness (QED) is 0.0271. The van der Waals surface area contributed by atoms with Crippen molar-refractivity contribution in [2.75, 3.05) is 0 Å². The zero-order valence-corrected chi connectivity index (χ0v) is 63.3. The van der Waals surface area contributed by atoms with Gasteiger partial charge in [0.1, 0.15) is 34.5 Å². The van der Waals surface area contributed by atoms with Crippen LogP contribution < -0.4 is 23.7 Å². The second-order valence-corrected chi connectivity index (χ2v) is 29.7. The molecule has 5 atom stereocenters. The molecule has 0 aromatic heterocycles. The summed E-state index contributed by atoms with van der Waals surface area (Å²) in [5, 5.41) is 10.3. The molecule has 0 fully saturated rings. The predicted molar refractivity (Wildman–Crippen MR) is 420 cm³/mol. The number of rotatable bonds is 29. The van der Waals surface area contributed by atoms with Crippen LogP contribution in [0.4, 0.5) is 0 Å². The number of carbonyl (C=O) groups is 5. The average molecular weight is 1400 g/mol. The molecule has 5 unspecified atom stereocenters. The molecule has 0 heterocycles. The van der Waals surface area contributed by atoms with Gasteiger partial charge in [0.25, 0.3) is 0 Å². The fourth-order valence-electron chi connectivity index (χ4n) is 12.0. The Balaban J connectivity index is 0.000000273. The molecule has 9 aromatic carbocycles. The summed E-state index contributed by atoms with van der Waals surface area (Å²) in [6, 6.07) is 64.8. The molecule has 542 valence electrons. The fraction of sp³-hybridized carbons (Fsp3) is 0.323. The highest BCUT2D eigenvalue weighted by Crippen LogP contribution is 2.32. The van der Waals surface area contributed by atoms with Gasteiger partial charge in [0.05, 0.1) is 29.6 Å². The SMILES string of the molecule is CC(C)Cc1ccc(C(C)C(=O)Oc2ccc(/C=C/c3cc(O)cc(OC(=O)C(C)c4ccc(CC(C)C)cc4)c3)cc2)cc1.CC(C)Cc1ccc(C(C)C(=O)Oc2ccc(/C=C/c3cc(OC(=O)C(C)c4ccc(CC(C)C)cc4)cc(OC(=O)C(C)c4ccc(CC(C)C)cc4)c3)cc2)cc1. The minimum Gasteiger partial charge on any atom is -0.508 e. The number of aromatic hydroxyl groups is 1. The summed E-state index contributed by atoms with van der Waals surface area (Å²) in [6.45, 7) is 31.0. The molecule has 0 spiro atoms. The van der Waals surface area contributed by atoms with Crippen molar-refractivity contribution in [2.24, 2.45) is 29.6 Å². The van der Waals surface area contributed by atoms with Crippen LogP contribution in [-0.2, 0) is 56.1 Å². The van der Waals surface area contributed by atoms with E-state index in [2.05, 4.69) is 130 Å².